The molecule has 18 heavy (non-hydrogen) atoms. The van der Waals surface area contributed by atoms with Crippen LogP contribution in [0.3, 0.4) is 0 Å². The van der Waals surface area contributed by atoms with Crippen LogP contribution in [0.1, 0.15) is 19.4 Å². The van der Waals surface area contributed by atoms with Crippen LogP contribution in [-0.2, 0) is 5.41 Å². The van der Waals surface area contributed by atoms with Crippen LogP contribution < -0.4 is 10.5 Å². The van der Waals surface area contributed by atoms with Crippen molar-refractivity contribution in [3.63, 3.8) is 0 Å². The smallest absolute Gasteiger partial charge is 0.213 e. The number of aliphatic hydroxyl groups is 1. The van der Waals surface area contributed by atoms with Gasteiger partial charge in [-0.3, -0.25) is 0 Å². The zero-order valence-electron chi connectivity index (χ0n) is 10.7. The monoisotopic (exact) mass is 249 g/mol. The number of nitrogens with one attached hydrogen (secondary N) is 1. The lowest BCUT2D eigenvalue weighted by Gasteiger charge is -2.21. The van der Waals surface area contributed by atoms with Crippen LogP contribution in [-0.4, -0.2) is 34.8 Å². The fourth-order valence-electron chi connectivity index (χ4n) is 1.84. The van der Waals surface area contributed by atoms with Crippen molar-refractivity contribution in [2.75, 3.05) is 19.8 Å². The summed E-state index contributed by atoms with van der Waals surface area (Å²) in [7, 11) is 0. The Morgan fingerprint density at radius 1 is 1.44 bits per heavy atom. The lowest BCUT2D eigenvalue weighted by atomic mass is 9.86. The molecule has 0 saturated heterocycles. The number of nitrogens with zero attached hydrogens (tertiary/aromatic N) is 1. The van der Waals surface area contributed by atoms with Crippen molar-refractivity contribution in [2.45, 2.75) is 19.3 Å². The second-order valence-corrected chi connectivity index (χ2v) is 4.91. The van der Waals surface area contributed by atoms with Gasteiger partial charge < -0.3 is 20.6 Å². The van der Waals surface area contributed by atoms with Crippen LogP contribution >= 0.6 is 0 Å². The summed E-state index contributed by atoms with van der Waals surface area (Å²) in [6.45, 7) is 4.94. The van der Waals surface area contributed by atoms with Crippen LogP contribution in [0.15, 0.2) is 18.3 Å². The van der Waals surface area contributed by atoms with Crippen molar-refractivity contribution in [3.8, 4) is 5.88 Å². The van der Waals surface area contributed by atoms with Gasteiger partial charge in [-0.05, 0) is 6.07 Å². The van der Waals surface area contributed by atoms with Gasteiger partial charge in [-0.25, -0.2) is 4.98 Å². The molecule has 2 aromatic heterocycles. The van der Waals surface area contributed by atoms with Crippen LogP contribution in [0.25, 0.3) is 11.0 Å². The Morgan fingerprint density at radius 3 is 2.89 bits per heavy atom. The number of ether oxygens (including phenoxy) is 1. The summed E-state index contributed by atoms with van der Waals surface area (Å²) in [4.78, 5) is 7.66. The van der Waals surface area contributed by atoms with E-state index in [2.05, 4.69) is 23.8 Å². The van der Waals surface area contributed by atoms with Gasteiger partial charge in [0.15, 0.2) is 0 Å². The first kappa shape index (κ1) is 12.9. The molecule has 0 aliphatic heterocycles. The molecular formula is C13H19N3O2. The van der Waals surface area contributed by atoms with E-state index in [9.17, 15) is 0 Å². The highest BCUT2D eigenvalue weighted by Crippen LogP contribution is 2.29. The molecule has 0 aliphatic carbocycles. The van der Waals surface area contributed by atoms with Gasteiger partial charge in [0.05, 0.1) is 17.6 Å². The van der Waals surface area contributed by atoms with Gasteiger partial charge in [-0.2, -0.15) is 0 Å². The highest BCUT2D eigenvalue weighted by Gasteiger charge is 2.23. The number of aromatic nitrogens is 2. The van der Waals surface area contributed by atoms with Gasteiger partial charge in [0.1, 0.15) is 6.61 Å². The Labute approximate surface area is 106 Å². The Morgan fingerprint density at radius 2 is 2.22 bits per heavy atom. The molecule has 0 saturated carbocycles. The maximum absolute atomic E-state index is 8.75. The highest BCUT2D eigenvalue weighted by molar-refractivity contribution is 5.80. The van der Waals surface area contributed by atoms with E-state index in [1.165, 1.54) is 0 Å². The topological polar surface area (TPSA) is 84.2 Å². The maximum atomic E-state index is 8.75. The molecule has 5 nitrogen and oxygen atoms in total. The van der Waals surface area contributed by atoms with Crippen LogP contribution in [0.2, 0.25) is 0 Å². The Balaban J connectivity index is 2.43. The molecule has 0 amide bonds. The van der Waals surface area contributed by atoms with Crippen molar-refractivity contribution in [1.82, 2.24) is 9.97 Å². The van der Waals surface area contributed by atoms with Gasteiger partial charge in [-0.15, -0.1) is 0 Å². The number of hydrogen-bond donors (Lipinski definition) is 3. The molecule has 4 N–H and O–H groups in total. The van der Waals surface area contributed by atoms with Crippen molar-refractivity contribution in [3.05, 3.63) is 23.9 Å². The number of rotatable bonds is 5. The third kappa shape index (κ3) is 2.32. The number of fused-ring (bicyclic) bond motifs is 1. The standard InChI is InChI=1S/C13H19N3O2/c1-13(2,8-14)9-7-15-10-3-4-11(16-12(9)10)18-6-5-17/h3-4,7,15,17H,5-6,8,14H2,1-2H3. The molecule has 2 heterocycles. The summed E-state index contributed by atoms with van der Waals surface area (Å²) < 4.78 is 5.33. The number of pyridine rings is 1. The minimum Gasteiger partial charge on any atom is -0.475 e. The molecule has 0 aliphatic rings. The number of H-pyrrole nitrogens is 1. The molecule has 0 atom stereocenters. The third-order valence-corrected chi connectivity index (χ3v) is 3.08. The fraction of sp³-hybridized carbons (Fsp3) is 0.462. The van der Waals surface area contributed by atoms with Gasteiger partial charge in [0, 0.05) is 29.8 Å². The summed E-state index contributed by atoms with van der Waals surface area (Å²) in [5, 5.41) is 8.75. The Bertz CT molecular complexity index is 534. The third-order valence-electron chi connectivity index (χ3n) is 3.08. The number of aliphatic hydroxyl groups excluding tert-OH is 1. The normalized spacial score (nSPS) is 12.0. The van der Waals surface area contributed by atoms with E-state index in [1.807, 2.05) is 12.3 Å². The van der Waals surface area contributed by atoms with E-state index in [0.29, 0.717) is 12.4 Å². The molecule has 0 aromatic carbocycles. The Hall–Kier alpha value is -1.59. The average molecular weight is 249 g/mol. The summed E-state index contributed by atoms with van der Waals surface area (Å²) in [5.74, 6) is 0.519. The van der Waals surface area contributed by atoms with Crippen molar-refractivity contribution < 1.29 is 9.84 Å². The minimum absolute atomic E-state index is 0.0198. The summed E-state index contributed by atoms with van der Waals surface area (Å²) in [6.07, 6.45) is 1.94. The molecule has 0 spiro atoms. The van der Waals surface area contributed by atoms with Gasteiger partial charge >= 0.3 is 0 Å². The number of aromatic amines is 1. The first-order valence-corrected chi connectivity index (χ1v) is 6.01. The van der Waals surface area contributed by atoms with Gasteiger partial charge in [0.25, 0.3) is 0 Å². The van der Waals surface area contributed by atoms with Crippen molar-refractivity contribution in [2.24, 2.45) is 5.73 Å². The maximum Gasteiger partial charge on any atom is 0.213 e. The Kier molecular flexibility index (Phi) is 3.54. The van der Waals surface area contributed by atoms with Gasteiger partial charge in [0.2, 0.25) is 5.88 Å². The lowest BCUT2D eigenvalue weighted by molar-refractivity contribution is 0.197. The first-order chi connectivity index (χ1) is 8.58. The first-order valence-electron chi connectivity index (χ1n) is 6.01. The van der Waals surface area contributed by atoms with E-state index >= 15 is 0 Å². The molecule has 0 fully saturated rings. The minimum atomic E-state index is -0.138. The van der Waals surface area contributed by atoms with E-state index in [4.69, 9.17) is 15.6 Å². The number of hydrogen-bond acceptors (Lipinski definition) is 4. The quantitative estimate of drug-likeness (QED) is 0.742. The van der Waals surface area contributed by atoms with E-state index in [-0.39, 0.29) is 18.6 Å². The molecule has 0 unspecified atom stereocenters. The van der Waals surface area contributed by atoms with Crippen LogP contribution in [0.4, 0.5) is 0 Å². The average Bonchev–Trinajstić information content (AvgIpc) is 2.80. The second-order valence-electron chi connectivity index (χ2n) is 4.91. The van der Waals surface area contributed by atoms with Crippen LogP contribution in [0, 0.1) is 0 Å². The van der Waals surface area contributed by atoms with Crippen molar-refractivity contribution in [1.29, 1.82) is 0 Å². The number of nitrogens with two attached hydrogens (primary N) is 1. The molecule has 2 aromatic rings. The molecule has 0 bridgehead atoms. The summed E-state index contributed by atoms with van der Waals surface area (Å²) in [5.41, 5.74) is 8.58. The molecule has 5 heteroatoms. The second kappa shape index (κ2) is 4.96. The zero-order valence-corrected chi connectivity index (χ0v) is 10.7. The summed E-state index contributed by atoms with van der Waals surface area (Å²) >= 11 is 0. The zero-order chi connectivity index (χ0) is 13.2. The highest BCUT2D eigenvalue weighted by atomic mass is 16.5. The van der Waals surface area contributed by atoms with Gasteiger partial charge in [-0.1, -0.05) is 13.8 Å². The van der Waals surface area contributed by atoms with E-state index in [0.717, 1.165) is 16.6 Å². The molecule has 0 radical (unpaired) electrons. The van der Waals surface area contributed by atoms with Crippen molar-refractivity contribution >= 4 is 11.0 Å². The summed E-state index contributed by atoms with van der Waals surface area (Å²) in [6, 6.07) is 3.71. The SMILES string of the molecule is CC(C)(CN)c1c[nH]c2ccc(OCCO)nc12. The largest absolute Gasteiger partial charge is 0.475 e. The lowest BCUT2D eigenvalue weighted by Crippen LogP contribution is -2.27. The fourth-order valence-corrected chi connectivity index (χ4v) is 1.84. The molecule has 98 valence electrons. The predicted molar refractivity (Wildman–Crippen MR) is 70.8 cm³/mol. The predicted octanol–water partition coefficient (Wildman–Crippen LogP) is 1.17. The van der Waals surface area contributed by atoms with E-state index in [1.54, 1.807) is 6.07 Å². The van der Waals surface area contributed by atoms with E-state index < -0.39 is 0 Å². The molecule has 2 rings (SSSR count). The molecular weight excluding hydrogens is 230 g/mol. The van der Waals surface area contributed by atoms with Crippen LogP contribution in [0.5, 0.6) is 5.88 Å².